The molecule has 0 fully saturated rings. The quantitative estimate of drug-likeness (QED) is 0.394. The van der Waals surface area contributed by atoms with E-state index in [2.05, 4.69) is 21.2 Å². The van der Waals surface area contributed by atoms with Gasteiger partial charge in [0.05, 0.1) is 12.0 Å². The number of urea groups is 1. The van der Waals surface area contributed by atoms with Gasteiger partial charge in [0.1, 0.15) is 11.8 Å². The maximum atomic E-state index is 13.6. The third kappa shape index (κ3) is 6.64. The molecule has 0 unspecified atom stereocenters. The van der Waals surface area contributed by atoms with Crippen LogP contribution in [0.1, 0.15) is 18.1 Å². The number of nitrogens with one attached hydrogen (secondary N) is 2. The minimum absolute atomic E-state index is 0.0358. The number of nitrogens with zero attached hydrogens (tertiary/aromatic N) is 1. The van der Waals surface area contributed by atoms with E-state index in [1.165, 1.54) is 11.0 Å². The summed E-state index contributed by atoms with van der Waals surface area (Å²) < 4.78 is 33.6. The summed E-state index contributed by atoms with van der Waals surface area (Å²) in [6, 6.07) is 18.8. The van der Waals surface area contributed by atoms with Gasteiger partial charge in [0, 0.05) is 23.1 Å². The summed E-state index contributed by atoms with van der Waals surface area (Å²) >= 11 is 3.31. The third-order valence-corrected chi connectivity index (χ3v) is 7.92. The minimum atomic E-state index is -4.17. The standard InChI is InChI=1S/C26H28BrN3O5S/c1-4-30(20-13-15-21(35-3)16-14-20)25(31)23(17-19-9-6-5-7-10-19)28-26(32)29-36(33,34)24-12-8-11-22(27)18(24)2/h5-16,23H,4,17H2,1-3H3,(H2,28,29,32)/t23-/m0/s1. The first-order valence-electron chi connectivity index (χ1n) is 11.2. The fourth-order valence-electron chi connectivity index (χ4n) is 3.71. The van der Waals surface area contributed by atoms with Gasteiger partial charge in [0.2, 0.25) is 5.91 Å². The summed E-state index contributed by atoms with van der Waals surface area (Å²) in [4.78, 5) is 28.0. The molecule has 2 N–H and O–H groups in total. The van der Waals surface area contributed by atoms with Crippen molar-refractivity contribution in [3.63, 3.8) is 0 Å². The lowest BCUT2D eigenvalue weighted by Crippen LogP contribution is -2.53. The maximum absolute atomic E-state index is 13.6. The first-order valence-corrected chi connectivity index (χ1v) is 13.5. The van der Waals surface area contributed by atoms with E-state index < -0.39 is 22.1 Å². The molecule has 0 aliphatic rings. The van der Waals surface area contributed by atoms with Crippen molar-refractivity contribution in [2.75, 3.05) is 18.6 Å². The summed E-state index contributed by atoms with van der Waals surface area (Å²) in [5, 5.41) is 2.58. The summed E-state index contributed by atoms with van der Waals surface area (Å²) in [6.45, 7) is 3.80. The Balaban J connectivity index is 1.86. The van der Waals surface area contributed by atoms with Crippen LogP contribution in [0.15, 0.2) is 82.2 Å². The predicted molar refractivity (Wildman–Crippen MR) is 143 cm³/mol. The maximum Gasteiger partial charge on any atom is 0.329 e. The molecule has 3 aromatic rings. The highest BCUT2D eigenvalue weighted by atomic mass is 79.9. The second-order valence-electron chi connectivity index (χ2n) is 7.96. The molecule has 190 valence electrons. The van der Waals surface area contributed by atoms with Gasteiger partial charge in [-0.05, 0) is 61.4 Å². The van der Waals surface area contributed by atoms with E-state index in [4.69, 9.17) is 4.74 Å². The molecule has 3 amide bonds. The lowest BCUT2D eigenvalue weighted by Gasteiger charge is -2.27. The summed E-state index contributed by atoms with van der Waals surface area (Å²) in [5.41, 5.74) is 1.90. The van der Waals surface area contributed by atoms with Crippen molar-refractivity contribution < 1.29 is 22.7 Å². The molecule has 3 aromatic carbocycles. The van der Waals surface area contributed by atoms with Gasteiger partial charge < -0.3 is 15.0 Å². The van der Waals surface area contributed by atoms with Crippen molar-refractivity contribution in [3.8, 4) is 5.75 Å². The summed E-state index contributed by atoms with van der Waals surface area (Å²) in [6.07, 6.45) is 0.176. The number of amides is 3. The zero-order chi connectivity index (χ0) is 26.3. The van der Waals surface area contributed by atoms with E-state index in [9.17, 15) is 18.0 Å². The molecule has 0 aliphatic carbocycles. The number of likely N-dealkylation sites (N-methyl/N-ethyl adjacent to an activating group) is 1. The second kappa shape index (κ2) is 12.0. The van der Waals surface area contributed by atoms with Crippen molar-refractivity contribution in [2.24, 2.45) is 0 Å². The van der Waals surface area contributed by atoms with Gasteiger partial charge in [-0.1, -0.05) is 52.3 Å². The molecule has 3 rings (SSSR count). The number of rotatable bonds is 9. The van der Waals surface area contributed by atoms with Crippen molar-refractivity contribution in [2.45, 2.75) is 31.2 Å². The van der Waals surface area contributed by atoms with Crippen LogP contribution in [-0.4, -0.2) is 40.1 Å². The van der Waals surface area contributed by atoms with Crippen LogP contribution in [-0.2, 0) is 21.2 Å². The molecule has 0 radical (unpaired) electrons. The van der Waals surface area contributed by atoms with Crippen molar-refractivity contribution in [1.29, 1.82) is 0 Å². The van der Waals surface area contributed by atoms with Crippen LogP contribution >= 0.6 is 15.9 Å². The van der Waals surface area contributed by atoms with Crippen LogP contribution in [0.3, 0.4) is 0 Å². The monoisotopic (exact) mass is 573 g/mol. The predicted octanol–water partition coefficient (Wildman–Crippen LogP) is 4.42. The smallest absolute Gasteiger partial charge is 0.329 e. The van der Waals surface area contributed by atoms with Crippen molar-refractivity contribution >= 4 is 43.6 Å². The molecule has 0 aromatic heterocycles. The topological polar surface area (TPSA) is 105 Å². The molecular formula is C26H28BrN3O5S. The Hall–Kier alpha value is -3.37. The van der Waals surface area contributed by atoms with Gasteiger partial charge in [-0.2, -0.15) is 0 Å². The average Bonchev–Trinajstić information content (AvgIpc) is 2.86. The highest BCUT2D eigenvalue weighted by molar-refractivity contribution is 9.10. The SMILES string of the molecule is CCN(C(=O)[C@H](Cc1ccccc1)NC(=O)NS(=O)(=O)c1cccc(Br)c1C)c1ccc(OC)cc1. The van der Waals surface area contributed by atoms with Crippen LogP contribution < -0.4 is 19.7 Å². The highest BCUT2D eigenvalue weighted by Crippen LogP contribution is 2.23. The molecular weight excluding hydrogens is 546 g/mol. The number of hydrogen-bond acceptors (Lipinski definition) is 5. The number of sulfonamides is 1. The molecule has 10 heteroatoms. The Morgan fingerprint density at radius 2 is 1.67 bits per heavy atom. The highest BCUT2D eigenvalue weighted by Gasteiger charge is 2.29. The number of carbonyl (C=O) groups is 2. The number of benzene rings is 3. The number of hydrogen-bond donors (Lipinski definition) is 2. The van der Waals surface area contributed by atoms with Gasteiger partial charge in [0.25, 0.3) is 10.0 Å². The average molecular weight is 574 g/mol. The third-order valence-electron chi connectivity index (χ3n) is 5.59. The molecule has 0 bridgehead atoms. The van der Waals surface area contributed by atoms with E-state index in [1.54, 1.807) is 50.4 Å². The lowest BCUT2D eigenvalue weighted by molar-refractivity contribution is -0.120. The van der Waals surface area contributed by atoms with E-state index in [0.29, 0.717) is 28.0 Å². The van der Waals surface area contributed by atoms with Crippen LogP contribution in [0.25, 0.3) is 0 Å². The zero-order valence-corrected chi connectivity index (χ0v) is 22.6. The Morgan fingerprint density at radius 1 is 1.00 bits per heavy atom. The number of carbonyl (C=O) groups excluding carboxylic acids is 2. The first kappa shape index (κ1) is 27.2. The van der Waals surface area contributed by atoms with E-state index in [0.717, 1.165) is 5.56 Å². The number of ether oxygens (including phenoxy) is 1. The lowest BCUT2D eigenvalue weighted by atomic mass is 10.0. The Kier molecular flexibility index (Phi) is 9.11. The van der Waals surface area contributed by atoms with Gasteiger partial charge in [-0.15, -0.1) is 0 Å². The van der Waals surface area contributed by atoms with Gasteiger partial charge in [0.15, 0.2) is 0 Å². The van der Waals surface area contributed by atoms with Crippen LogP contribution in [0.2, 0.25) is 0 Å². The molecule has 8 nitrogen and oxygen atoms in total. The molecule has 0 heterocycles. The van der Waals surface area contributed by atoms with E-state index >= 15 is 0 Å². The summed E-state index contributed by atoms with van der Waals surface area (Å²) in [5.74, 6) is 0.270. The normalized spacial score (nSPS) is 11.9. The second-order valence-corrected chi connectivity index (χ2v) is 10.5. The Bertz CT molecular complexity index is 1320. The fraction of sp³-hybridized carbons (Fsp3) is 0.231. The molecule has 0 spiro atoms. The van der Waals surface area contributed by atoms with E-state index in [1.807, 2.05) is 42.0 Å². The number of methoxy groups -OCH3 is 1. The number of anilines is 1. The fourth-order valence-corrected chi connectivity index (χ4v) is 5.39. The molecule has 0 saturated carbocycles. The summed E-state index contributed by atoms with van der Waals surface area (Å²) in [7, 11) is -2.62. The van der Waals surface area contributed by atoms with Crippen LogP contribution in [0.4, 0.5) is 10.5 Å². The molecule has 0 saturated heterocycles. The zero-order valence-electron chi connectivity index (χ0n) is 20.2. The largest absolute Gasteiger partial charge is 0.497 e. The Labute approximate surface area is 219 Å². The Morgan fingerprint density at radius 3 is 2.28 bits per heavy atom. The van der Waals surface area contributed by atoms with Crippen molar-refractivity contribution in [3.05, 3.63) is 88.4 Å². The van der Waals surface area contributed by atoms with Crippen LogP contribution in [0.5, 0.6) is 5.75 Å². The number of halogens is 1. The van der Waals surface area contributed by atoms with E-state index in [-0.39, 0.29) is 17.2 Å². The first-order chi connectivity index (χ1) is 17.2. The van der Waals surface area contributed by atoms with Gasteiger partial charge in [-0.3, -0.25) is 4.79 Å². The van der Waals surface area contributed by atoms with Crippen LogP contribution in [0, 0.1) is 6.92 Å². The van der Waals surface area contributed by atoms with Gasteiger partial charge in [-0.25, -0.2) is 17.9 Å². The van der Waals surface area contributed by atoms with Gasteiger partial charge >= 0.3 is 6.03 Å². The molecule has 1 atom stereocenters. The molecule has 36 heavy (non-hydrogen) atoms. The minimum Gasteiger partial charge on any atom is -0.497 e. The van der Waals surface area contributed by atoms with Crippen molar-refractivity contribution in [1.82, 2.24) is 10.0 Å². The molecule has 0 aliphatic heterocycles.